The van der Waals surface area contributed by atoms with Crippen molar-refractivity contribution in [1.29, 1.82) is 5.26 Å². The smallest absolute Gasteiger partial charge is 0.152 e. The van der Waals surface area contributed by atoms with Crippen LogP contribution in [-0.2, 0) is 9.84 Å². The van der Waals surface area contributed by atoms with Crippen LogP contribution in [-0.4, -0.2) is 56.0 Å². The van der Waals surface area contributed by atoms with Crippen molar-refractivity contribution in [2.45, 2.75) is 51.6 Å². The third kappa shape index (κ3) is 5.39. The summed E-state index contributed by atoms with van der Waals surface area (Å²) in [6.45, 7) is 8.27. The monoisotopic (exact) mass is 301 g/mol. The lowest BCUT2D eigenvalue weighted by Gasteiger charge is -2.31. The SMILES string of the molecule is CCC(C#N)(CCCN1CCS(=O)(=O)CC1)NC(C)C. The lowest BCUT2D eigenvalue weighted by atomic mass is 9.91. The van der Waals surface area contributed by atoms with Crippen LogP contribution in [0, 0.1) is 11.3 Å². The predicted octanol–water partition coefficient (Wildman–Crippen LogP) is 1.17. The Labute approximate surface area is 123 Å². The highest BCUT2D eigenvalue weighted by Gasteiger charge is 2.28. The van der Waals surface area contributed by atoms with Crippen LogP contribution in [0.5, 0.6) is 0 Å². The Bertz CT molecular complexity index is 428. The highest BCUT2D eigenvalue weighted by Crippen LogP contribution is 2.18. The van der Waals surface area contributed by atoms with E-state index in [0.717, 1.165) is 25.8 Å². The van der Waals surface area contributed by atoms with Gasteiger partial charge in [0, 0.05) is 19.1 Å². The van der Waals surface area contributed by atoms with Crippen LogP contribution in [0.4, 0.5) is 0 Å². The number of hydrogen-bond donors (Lipinski definition) is 1. The molecule has 0 aromatic carbocycles. The fourth-order valence-corrected chi connectivity index (χ4v) is 3.93. The van der Waals surface area contributed by atoms with E-state index in [1.54, 1.807) is 0 Å². The zero-order valence-corrected chi connectivity index (χ0v) is 13.7. The van der Waals surface area contributed by atoms with Gasteiger partial charge < -0.3 is 4.90 Å². The van der Waals surface area contributed by atoms with Gasteiger partial charge in [0.05, 0.1) is 17.6 Å². The Morgan fingerprint density at radius 3 is 2.40 bits per heavy atom. The first-order valence-electron chi connectivity index (χ1n) is 7.44. The van der Waals surface area contributed by atoms with E-state index in [9.17, 15) is 13.7 Å². The first kappa shape index (κ1) is 17.4. The average molecular weight is 301 g/mol. The van der Waals surface area contributed by atoms with Crippen molar-refractivity contribution in [1.82, 2.24) is 10.2 Å². The molecule has 0 radical (unpaired) electrons. The van der Waals surface area contributed by atoms with Gasteiger partial charge in [-0.2, -0.15) is 5.26 Å². The van der Waals surface area contributed by atoms with Gasteiger partial charge >= 0.3 is 0 Å². The number of nitrogens with one attached hydrogen (secondary N) is 1. The molecule has 1 atom stereocenters. The maximum absolute atomic E-state index is 11.4. The molecule has 1 aliphatic rings. The van der Waals surface area contributed by atoms with E-state index in [4.69, 9.17) is 0 Å². The molecule has 1 saturated heterocycles. The fraction of sp³-hybridized carbons (Fsp3) is 0.929. The van der Waals surface area contributed by atoms with Crippen molar-refractivity contribution in [3.8, 4) is 6.07 Å². The summed E-state index contributed by atoms with van der Waals surface area (Å²) >= 11 is 0. The number of nitrogens with zero attached hydrogens (tertiary/aromatic N) is 2. The Balaban J connectivity index is 2.40. The first-order chi connectivity index (χ1) is 9.32. The van der Waals surface area contributed by atoms with Gasteiger partial charge in [0.1, 0.15) is 5.54 Å². The van der Waals surface area contributed by atoms with Crippen LogP contribution in [0.2, 0.25) is 0 Å². The van der Waals surface area contributed by atoms with Crippen LogP contribution in [0.1, 0.15) is 40.0 Å². The molecule has 20 heavy (non-hydrogen) atoms. The van der Waals surface area contributed by atoms with E-state index < -0.39 is 15.4 Å². The van der Waals surface area contributed by atoms with E-state index in [0.29, 0.717) is 13.1 Å². The van der Waals surface area contributed by atoms with Crippen LogP contribution >= 0.6 is 0 Å². The number of nitriles is 1. The van der Waals surface area contributed by atoms with Crippen LogP contribution in [0.25, 0.3) is 0 Å². The van der Waals surface area contributed by atoms with E-state index in [2.05, 4.69) is 30.1 Å². The number of sulfone groups is 1. The summed E-state index contributed by atoms with van der Waals surface area (Å²) in [4.78, 5) is 2.19. The molecule has 116 valence electrons. The van der Waals surface area contributed by atoms with Gasteiger partial charge in [0.15, 0.2) is 9.84 Å². The summed E-state index contributed by atoms with van der Waals surface area (Å²) in [5, 5.41) is 12.8. The van der Waals surface area contributed by atoms with Gasteiger partial charge in [-0.1, -0.05) is 6.92 Å². The van der Waals surface area contributed by atoms with Crippen LogP contribution in [0.15, 0.2) is 0 Å². The molecule has 1 rings (SSSR count). The minimum atomic E-state index is -2.80. The highest BCUT2D eigenvalue weighted by atomic mass is 32.2. The molecular formula is C14H27N3O2S. The van der Waals surface area contributed by atoms with E-state index in [1.165, 1.54) is 0 Å². The first-order valence-corrected chi connectivity index (χ1v) is 9.26. The minimum absolute atomic E-state index is 0.272. The predicted molar refractivity (Wildman–Crippen MR) is 81.2 cm³/mol. The third-order valence-electron chi connectivity index (χ3n) is 3.90. The number of hydrogen-bond acceptors (Lipinski definition) is 5. The Morgan fingerprint density at radius 2 is 1.95 bits per heavy atom. The van der Waals surface area contributed by atoms with Crippen molar-refractivity contribution >= 4 is 9.84 Å². The minimum Gasteiger partial charge on any atom is -0.301 e. The topological polar surface area (TPSA) is 73.2 Å². The molecular weight excluding hydrogens is 274 g/mol. The Morgan fingerprint density at radius 1 is 1.35 bits per heavy atom. The molecule has 0 saturated carbocycles. The summed E-state index contributed by atoms with van der Waals surface area (Å²) in [5.74, 6) is 0.544. The summed E-state index contributed by atoms with van der Waals surface area (Å²) in [7, 11) is -2.80. The van der Waals surface area contributed by atoms with Gasteiger partial charge in [0.2, 0.25) is 0 Å². The quantitative estimate of drug-likeness (QED) is 0.764. The molecule has 0 aromatic rings. The molecule has 1 unspecified atom stereocenters. The Hall–Kier alpha value is -0.640. The zero-order chi connectivity index (χ0) is 15.2. The molecule has 1 aliphatic heterocycles. The second-order valence-electron chi connectivity index (χ2n) is 5.94. The highest BCUT2D eigenvalue weighted by molar-refractivity contribution is 7.91. The maximum Gasteiger partial charge on any atom is 0.152 e. The molecule has 0 spiro atoms. The molecule has 0 amide bonds. The molecule has 0 bridgehead atoms. The van der Waals surface area contributed by atoms with Crippen molar-refractivity contribution in [2.24, 2.45) is 0 Å². The standard InChI is InChI=1S/C14H27N3O2S/c1-4-14(12-15,16-13(2)3)6-5-7-17-8-10-20(18,19)11-9-17/h13,16H,4-11H2,1-3H3. The van der Waals surface area contributed by atoms with Gasteiger partial charge in [-0.3, -0.25) is 5.32 Å². The maximum atomic E-state index is 11.4. The normalized spacial score (nSPS) is 22.4. The van der Waals surface area contributed by atoms with Crippen LogP contribution in [0.3, 0.4) is 0 Å². The molecule has 1 N–H and O–H groups in total. The van der Waals surface area contributed by atoms with Gasteiger partial charge in [-0.25, -0.2) is 8.42 Å². The summed E-state index contributed by atoms with van der Waals surface area (Å²) in [6.07, 6.45) is 2.51. The summed E-state index contributed by atoms with van der Waals surface area (Å²) in [5.41, 5.74) is -0.448. The summed E-state index contributed by atoms with van der Waals surface area (Å²) < 4.78 is 22.7. The lowest BCUT2D eigenvalue weighted by Crippen LogP contribution is -2.48. The zero-order valence-electron chi connectivity index (χ0n) is 12.9. The van der Waals surface area contributed by atoms with Crippen LogP contribution < -0.4 is 5.32 Å². The largest absolute Gasteiger partial charge is 0.301 e. The fourth-order valence-electron chi connectivity index (χ4n) is 2.65. The van der Waals surface area contributed by atoms with E-state index >= 15 is 0 Å². The molecule has 0 aliphatic carbocycles. The van der Waals surface area contributed by atoms with Crippen molar-refractivity contribution in [3.05, 3.63) is 0 Å². The Kier molecular flexibility index (Phi) is 6.44. The second kappa shape index (κ2) is 7.39. The molecule has 1 fully saturated rings. The molecule has 1 heterocycles. The molecule has 5 nitrogen and oxygen atoms in total. The molecule has 6 heteroatoms. The molecule has 0 aromatic heterocycles. The van der Waals surface area contributed by atoms with Gasteiger partial charge in [0.25, 0.3) is 0 Å². The van der Waals surface area contributed by atoms with Gasteiger partial charge in [-0.15, -0.1) is 0 Å². The van der Waals surface area contributed by atoms with Crippen molar-refractivity contribution in [2.75, 3.05) is 31.1 Å². The van der Waals surface area contributed by atoms with Crippen molar-refractivity contribution in [3.63, 3.8) is 0 Å². The summed E-state index contributed by atoms with van der Waals surface area (Å²) in [6, 6.07) is 2.71. The van der Waals surface area contributed by atoms with E-state index in [-0.39, 0.29) is 17.5 Å². The van der Waals surface area contributed by atoms with E-state index in [1.807, 2.05) is 6.92 Å². The van der Waals surface area contributed by atoms with Crippen molar-refractivity contribution < 1.29 is 8.42 Å². The lowest BCUT2D eigenvalue weighted by molar-refractivity contribution is 0.263. The number of rotatable bonds is 7. The average Bonchev–Trinajstić information content (AvgIpc) is 2.39. The second-order valence-corrected chi connectivity index (χ2v) is 8.25. The van der Waals surface area contributed by atoms with Gasteiger partial charge in [-0.05, 0) is 39.7 Å². The third-order valence-corrected chi connectivity index (χ3v) is 5.51.